The van der Waals surface area contributed by atoms with Gasteiger partial charge in [-0.1, -0.05) is 0 Å². The summed E-state index contributed by atoms with van der Waals surface area (Å²) in [7, 11) is 0. The number of aliphatic carboxylic acids is 1. The maximum atomic E-state index is 11.0. The molecule has 0 saturated carbocycles. The smallest absolute Gasteiger partial charge is 0.320 e. The number of hydrogen-bond donors (Lipinski definition) is 1. The fraction of sp³-hybridized carbons (Fsp3) is 0.929. The lowest BCUT2D eigenvalue weighted by atomic mass is 10.1. The summed E-state index contributed by atoms with van der Waals surface area (Å²) < 4.78 is 6.01. The van der Waals surface area contributed by atoms with Crippen LogP contribution >= 0.6 is 0 Å². The van der Waals surface area contributed by atoms with Gasteiger partial charge in [-0.2, -0.15) is 0 Å². The standard InChI is InChI=1S/C14H26N2O3/c1-11(13(17)18)16-8-6-15(7-9-16)10-12-4-5-14(2,3)19-12/h11-12H,4-10H2,1-3H3,(H,17,18). The van der Waals surface area contributed by atoms with E-state index in [1.165, 1.54) is 0 Å². The van der Waals surface area contributed by atoms with Crippen molar-refractivity contribution < 1.29 is 14.6 Å². The minimum absolute atomic E-state index is 0.0321. The number of carboxylic acids is 1. The van der Waals surface area contributed by atoms with E-state index in [9.17, 15) is 4.79 Å². The Labute approximate surface area is 115 Å². The van der Waals surface area contributed by atoms with E-state index in [-0.39, 0.29) is 11.6 Å². The molecule has 0 aliphatic carbocycles. The lowest BCUT2D eigenvalue weighted by molar-refractivity contribution is -0.143. The molecule has 5 nitrogen and oxygen atoms in total. The van der Waals surface area contributed by atoms with Crippen molar-refractivity contribution in [1.82, 2.24) is 9.80 Å². The zero-order valence-corrected chi connectivity index (χ0v) is 12.3. The number of carboxylic acid groups (broad SMARTS) is 1. The maximum absolute atomic E-state index is 11.0. The van der Waals surface area contributed by atoms with Gasteiger partial charge in [0.05, 0.1) is 11.7 Å². The van der Waals surface area contributed by atoms with Gasteiger partial charge >= 0.3 is 5.97 Å². The third kappa shape index (κ3) is 3.91. The first-order valence-electron chi connectivity index (χ1n) is 7.24. The van der Waals surface area contributed by atoms with E-state index in [0.29, 0.717) is 6.10 Å². The average molecular weight is 270 g/mol. The predicted octanol–water partition coefficient (Wildman–Crippen LogP) is 1.03. The molecule has 0 spiro atoms. The molecule has 2 fully saturated rings. The fourth-order valence-electron chi connectivity index (χ4n) is 2.98. The first kappa shape index (κ1) is 14.8. The molecule has 19 heavy (non-hydrogen) atoms. The lowest BCUT2D eigenvalue weighted by Gasteiger charge is -2.37. The van der Waals surface area contributed by atoms with Crippen LogP contribution in [0.3, 0.4) is 0 Å². The molecule has 0 aromatic heterocycles. The molecule has 1 N–H and O–H groups in total. The normalized spacial score (nSPS) is 30.4. The number of hydrogen-bond acceptors (Lipinski definition) is 4. The van der Waals surface area contributed by atoms with Gasteiger partial charge in [-0.3, -0.25) is 14.6 Å². The Hall–Kier alpha value is -0.650. The van der Waals surface area contributed by atoms with Gasteiger partial charge in [0.1, 0.15) is 6.04 Å². The second kappa shape index (κ2) is 5.77. The Bertz CT molecular complexity index is 325. The minimum atomic E-state index is -0.727. The molecule has 0 radical (unpaired) electrons. The van der Waals surface area contributed by atoms with Crippen molar-refractivity contribution in [2.24, 2.45) is 0 Å². The van der Waals surface area contributed by atoms with Gasteiger partial charge in [-0.25, -0.2) is 0 Å². The molecule has 2 unspecified atom stereocenters. The number of piperazine rings is 1. The molecule has 0 amide bonds. The van der Waals surface area contributed by atoms with Crippen molar-refractivity contribution in [1.29, 1.82) is 0 Å². The number of carbonyl (C=O) groups is 1. The monoisotopic (exact) mass is 270 g/mol. The van der Waals surface area contributed by atoms with Crippen LogP contribution in [0.5, 0.6) is 0 Å². The molecule has 0 aromatic carbocycles. The van der Waals surface area contributed by atoms with Crippen LogP contribution in [0.1, 0.15) is 33.6 Å². The molecule has 0 bridgehead atoms. The zero-order chi connectivity index (χ0) is 14.0. The van der Waals surface area contributed by atoms with E-state index in [0.717, 1.165) is 45.6 Å². The summed E-state index contributed by atoms with van der Waals surface area (Å²) in [5, 5.41) is 9.01. The van der Waals surface area contributed by atoms with Crippen molar-refractivity contribution in [3.8, 4) is 0 Å². The molecule has 2 saturated heterocycles. The predicted molar refractivity (Wildman–Crippen MR) is 73.3 cm³/mol. The second-order valence-electron chi connectivity index (χ2n) is 6.39. The van der Waals surface area contributed by atoms with Crippen LogP contribution in [0, 0.1) is 0 Å². The van der Waals surface area contributed by atoms with Crippen LogP contribution in [0.4, 0.5) is 0 Å². The van der Waals surface area contributed by atoms with Crippen LogP contribution in [-0.4, -0.2) is 71.3 Å². The summed E-state index contributed by atoms with van der Waals surface area (Å²) in [4.78, 5) is 15.4. The Morgan fingerprint density at radius 3 is 2.47 bits per heavy atom. The van der Waals surface area contributed by atoms with Gasteiger partial charge in [0.15, 0.2) is 0 Å². The van der Waals surface area contributed by atoms with Gasteiger partial charge in [0.2, 0.25) is 0 Å². The van der Waals surface area contributed by atoms with Crippen molar-refractivity contribution in [2.45, 2.75) is 51.4 Å². The summed E-state index contributed by atoms with van der Waals surface area (Å²) >= 11 is 0. The molecular formula is C14H26N2O3. The molecule has 110 valence electrons. The summed E-state index contributed by atoms with van der Waals surface area (Å²) in [6, 6.07) is -0.371. The summed E-state index contributed by atoms with van der Waals surface area (Å²) in [5.74, 6) is -0.727. The van der Waals surface area contributed by atoms with Crippen molar-refractivity contribution >= 4 is 5.97 Å². The summed E-state index contributed by atoms with van der Waals surface area (Å²) in [5.41, 5.74) is 0.0321. The van der Waals surface area contributed by atoms with Gasteiger partial charge in [-0.15, -0.1) is 0 Å². The molecule has 0 aromatic rings. The Morgan fingerprint density at radius 1 is 1.37 bits per heavy atom. The van der Waals surface area contributed by atoms with Crippen molar-refractivity contribution in [2.75, 3.05) is 32.7 Å². The summed E-state index contributed by atoms with van der Waals surface area (Å²) in [6.45, 7) is 10.6. The Morgan fingerprint density at radius 2 is 2.00 bits per heavy atom. The highest BCUT2D eigenvalue weighted by Gasteiger charge is 2.33. The largest absolute Gasteiger partial charge is 0.480 e. The molecule has 5 heteroatoms. The molecular weight excluding hydrogens is 244 g/mol. The molecule has 2 aliphatic rings. The van der Waals surface area contributed by atoms with Crippen molar-refractivity contribution in [3.63, 3.8) is 0 Å². The lowest BCUT2D eigenvalue weighted by Crippen LogP contribution is -2.52. The van der Waals surface area contributed by atoms with E-state index in [4.69, 9.17) is 9.84 Å². The number of ether oxygens (including phenoxy) is 1. The Balaban J connectivity index is 1.74. The van der Waals surface area contributed by atoms with E-state index < -0.39 is 5.97 Å². The van der Waals surface area contributed by atoms with Crippen LogP contribution in [0.15, 0.2) is 0 Å². The quantitative estimate of drug-likeness (QED) is 0.827. The molecule has 2 atom stereocenters. The first-order chi connectivity index (χ1) is 8.87. The van der Waals surface area contributed by atoms with Crippen LogP contribution in [-0.2, 0) is 9.53 Å². The fourth-order valence-corrected chi connectivity index (χ4v) is 2.98. The van der Waals surface area contributed by atoms with Crippen LogP contribution < -0.4 is 0 Å². The SMILES string of the molecule is CC(C(=O)O)N1CCN(CC2CCC(C)(C)O2)CC1. The van der Waals surface area contributed by atoms with E-state index in [1.54, 1.807) is 6.92 Å². The van der Waals surface area contributed by atoms with Crippen molar-refractivity contribution in [3.05, 3.63) is 0 Å². The third-order valence-electron chi connectivity index (χ3n) is 4.33. The Kier molecular flexibility index (Phi) is 4.48. The highest BCUT2D eigenvalue weighted by molar-refractivity contribution is 5.72. The minimum Gasteiger partial charge on any atom is -0.480 e. The van der Waals surface area contributed by atoms with Gasteiger partial charge in [0.25, 0.3) is 0 Å². The molecule has 2 heterocycles. The first-order valence-corrected chi connectivity index (χ1v) is 7.24. The third-order valence-corrected chi connectivity index (χ3v) is 4.33. The van der Waals surface area contributed by atoms with Gasteiger partial charge in [0, 0.05) is 32.7 Å². The van der Waals surface area contributed by atoms with E-state index >= 15 is 0 Å². The van der Waals surface area contributed by atoms with E-state index in [1.807, 2.05) is 4.90 Å². The molecule has 2 rings (SSSR count). The highest BCUT2D eigenvalue weighted by Crippen LogP contribution is 2.29. The van der Waals surface area contributed by atoms with E-state index in [2.05, 4.69) is 18.7 Å². The molecule has 2 aliphatic heterocycles. The number of rotatable bonds is 4. The van der Waals surface area contributed by atoms with Gasteiger partial charge in [-0.05, 0) is 33.6 Å². The van der Waals surface area contributed by atoms with Gasteiger partial charge < -0.3 is 9.84 Å². The van der Waals surface area contributed by atoms with Crippen LogP contribution in [0.2, 0.25) is 0 Å². The average Bonchev–Trinajstić information content (AvgIpc) is 2.68. The topological polar surface area (TPSA) is 53.0 Å². The summed E-state index contributed by atoms with van der Waals surface area (Å²) in [6.07, 6.45) is 2.62. The highest BCUT2D eigenvalue weighted by atomic mass is 16.5. The maximum Gasteiger partial charge on any atom is 0.320 e. The second-order valence-corrected chi connectivity index (χ2v) is 6.39. The zero-order valence-electron chi connectivity index (χ0n) is 12.3. The number of nitrogens with zero attached hydrogens (tertiary/aromatic N) is 2. The van der Waals surface area contributed by atoms with Crippen LogP contribution in [0.25, 0.3) is 0 Å².